The van der Waals surface area contributed by atoms with Crippen LogP contribution >= 0.6 is 0 Å². The molecule has 2 amide bonds. The molecule has 2 aromatic rings. The number of hydrogen-bond donors (Lipinski definition) is 0. The Kier molecular flexibility index (Phi) is 7.59. The van der Waals surface area contributed by atoms with E-state index in [1.165, 1.54) is 0 Å². The molecule has 0 aromatic heterocycles. The number of carbonyl (C=O) groups is 2. The lowest BCUT2D eigenvalue weighted by atomic mass is 10.1. The Morgan fingerprint density at radius 1 is 0.926 bits per heavy atom. The van der Waals surface area contributed by atoms with Gasteiger partial charge in [-0.3, -0.25) is 9.59 Å². The van der Waals surface area contributed by atoms with Gasteiger partial charge in [0.2, 0.25) is 0 Å². The normalized spacial score (nSPS) is 10.7. The van der Waals surface area contributed by atoms with E-state index in [4.69, 9.17) is 0 Å². The van der Waals surface area contributed by atoms with E-state index in [2.05, 4.69) is 6.92 Å². The summed E-state index contributed by atoms with van der Waals surface area (Å²) in [5.74, 6) is -0.100. The first kappa shape index (κ1) is 20.7. The average Bonchev–Trinajstić information content (AvgIpc) is 2.69. The summed E-state index contributed by atoms with van der Waals surface area (Å²) < 4.78 is 0. The van der Waals surface area contributed by atoms with Gasteiger partial charge in [0.05, 0.1) is 0 Å². The van der Waals surface area contributed by atoms with E-state index in [0.717, 1.165) is 24.9 Å². The molecule has 0 saturated heterocycles. The van der Waals surface area contributed by atoms with Gasteiger partial charge in [-0.15, -0.1) is 0 Å². The van der Waals surface area contributed by atoms with Crippen molar-refractivity contribution in [3.8, 4) is 0 Å². The monoisotopic (exact) mass is 366 g/mol. The molecule has 0 radical (unpaired) electrons. The molecule has 0 N–H and O–H groups in total. The molecule has 0 bridgehead atoms. The Bertz CT molecular complexity index is 756. The van der Waals surface area contributed by atoms with Gasteiger partial charge < -0.3 is 9.80 Å². The molecule has 0 spiro atoms. The predicted molar refractivity (Wildman–Crippen MR) is 110 cm³/mol. The van der Waals surface area contributed by atoms with Gasteiger partial charge in [0.15, 0.2) is 0 Å². The van der Waals surface area contributed by atoms with Crippen LogP contribution in [-0.2, 0) is 6.54 Å². The maximum atomic E-state index is 13.1. The lowest BCUT2D eigenvalue weighted by Crippen LogP contribution is -2.36. The second kappa shape index (κ2) is 9.91. The summed E-state index contributed by atoms with van der Waals surface area (Å²) in [4.78, 5) is 29.3. The van der Waals surface area contributed by atoms with E-state index in [9.17, 15) is 9.59 Å². The van der Waals surface area contributed by atoms with Gasteiger partial charge in [0.25, 0.3) is 11.8 Å². The van der Waals surface area contributed by atoms with Gasteiger partial charge in [0.1, 0.15) is 0 Å². The van der Waals surface area contributed by atoms with Crippen LogP contribution in [0.3, 0.4) is 0 Å². The molecule has 144 valence electrons. The maximum Gasteiger partial charge on any atom is 0.254 e. The number of hydrogen-bond acceptors (Lipinski definition) is 2. The van der Waals surface area contributed by atoms with E-state index in [-0.39, 0.29) is 17.9 Å². The minimum atomic E-state index is -0.0558. The highest BCUT2D eigenvalue weighted by Crippen LogP contribution is 2.15. The Hall–Kier alpha value is -2.62. The molecule has 4 nitrogen and oxygen atoms in total. The Labute approximate surface area is 162 Å². The summed E-state index contributed by atoms with van der Waals surface area (Å²) in [5, 5.41) is 0. The second-order valence-corrected chi connectivity index (χ2v) is 7.17. The second-order valence-electron chi connectivity index (χ2n) is 7.17. The zero-order valence-corrected chi connectivity index (χ0v) is 16.8. The summed E-state index contributed by atoms with van der Waals surface area (Å²) in [6, 6.07) is 17.1. The number of unbranched alkanes of at least 4 members (excludes halogenated alkanes) is 1. The number of nitrogens with zero attached hydrogens (tertiary/aromatic N) is 2. The highest BCUT2D eigenvalue weighted by molar-refractivity contribution is 5.99. The van der Waals surface area contributed by atoms with Crippen molar-refractivity contribution in [3.05, 3.63) is 71.3 Å². The third-order valence-corrected chi connectivity index (χ3v) is 4.63. The van der Waals surface area contributed by atoms with Crippen LogP contribution in [0.25, 0.3) is 0 Å². The van der Waals surface area contributed by atoms with Crippen molar-refractivity contribution in [2.24, 2.45) is 0 Å². The highest BCUT2D eigenvalue weighted by Gasteiger charge is 2.21. The summed E-state index contributed by atoms with van der Waals surface area (Å²) in [5.41, 5.74) is 2.20. The smallest absolute Gasteiger partial charge is 0.254 e. The minimum Gasteiger partial charge on any atom is -0.342 e. The third-order valence-electron chi connectivity index (χ3n) is 4.63. The molecule has 2 aromatic carbocycles. The standard InChI is InChI=1S/C23H30N2O2/c1-5-6-15-24(4)22(26)20-13-10-14-21(16-20)23(27)25(18(2)3)17-19-11-8-7-9-12-19/h7-14,16,18H,5-6,15,17H2,1-4H3. The SMILES string of the molecule is CCCCN(C)C(=O)c1cccc(C(=O)N(Cc2ccccc2)C(C)C)c1. The molecular formula is C23H30N2O2. The fraction of sp³-hybridized carbons (Fsp3) is 0.391. The largest absolute Gasteiger partial charge is 0.342 e. The topological polar surface area (TPSA) is 40.6 Å². The molecule has 0 atom stereocenters. The Morgan fingerprint density at radius 2 is 1.56 bits per heavy atom. The number of carbonyl (C=O) groups excluding carboxylic acids is 2. The minimum absolute atomic E-state index is 0.0442. The first-order valence-electron chi connectivity index (χ1n) is 9.64. The molecule has 2 rings (SSSR count). The van der Waals surface area contributed by atoms with Crippen LogP contribution in [0.5, 0.6) is 0 Å². The molecule has 0 aliphatic heterocycles. The van der Waals surface area contributed by atoms with E-state index >= 15 is 0 Å². The summed E-state index contributed by atoms with van der Waals surface area (Å²) in [6.45, 7) is 7.39. The molecule has 0 aliphatic rings. The van der Waals surface area contributed by atoms with Crippen molar-refractivity contribution in [2.75, 3.05) is 13.6 Å². The Balaban J connectivity index is 2.20. The van der Waals surface area contributed by atoms with Crippen molar-refractivity contribution in [1.82, 2.24) is 9.80 Å². The fourth-order valence-corrected chi connectivity index (χ4v) is 2.94. The zero-order chi connectivity index (χ0) is 19.8. The summed E-state index contributed by atoms with van der Waals surface area (Å²) in [7, 11) is 1.81. The van der Waals surface area contributed by atoms with Crippen LogP contribution in [0.1, 0.15) is 59.9 Å². The fourth-order valence-electron chi connectivity index (χ4n) is 2.94. The lowest BCUT2D eigenvalue weighted by Gasteiger charge is -2.27. The number of benzene rings is 2. The first-order valence-corrected chi connectivity index (χ1v) is 9.64. The average molecular weight is 367 g/mol. The van der Waals surface area contributed by atoms with Gasteiger partial charge in [-0.25, -0.2) is 0 Å². The van der Waals surface area contributed by atoms with Gasteiger partial charge >= 0.3 is 0 Å². The predicted octanol–water partition coefficient (Wildman–Crippen LogP) is 4.61. The summed E-state index contributed by atoms with van der Waals surface area (Å²) >= 11 is 0. The van der Waals surface area contributed by atoms with Crippen LogP contribution < -0.4 is 0 Å². The van der Waals surface area contributed by atoms with Crippen LogP contribution in [0.4, 0.5) is 0 Å². The molecule has 27 heavy (non-hydrogen) atoms. The van der Waals surface area contributed by atoms with Crippen molar-refractivity contribution < 1.29 is 9.59 Å². The van der Waals surface area contributed by atoms with Crippen LogP contribution in [0, 0.1) is 0 Å². The number of amides is 2. The molecule has 0 fully saturated rings. The van der Waals surface area contributed by atoms with Crippen LogP contribution in [-0.4, -0.2) is 41.2 Å². The summed E-state index contributed by atoms with van der Waals surface area (Å²) in [6.07, 6.45) is 2.01. The number of rotatable bonds is 8. The molecule has 4 heteroatoms. The van der Waals surface area contributed by atoms with Crippen molar-refractivity contribution >= 4 is 11.8 Å². The quantitative estimate of drug-likeness (QED) is 0.684. The van der Waals surface area contributed by atoms with Gasteiger partial charge in [-0.1, -0.05) is 49.7 Å². The van der Waals surface area contributed by atoms with Crippen molar-refractivity contribution in [2.45, 2.75) is 46.2 Å². The van der Waals surface area contributed by atoms with Crippen molar-refractivity contribution in [3.63, 3.8) is 0 Å². The molecule has 0 unspecified atom stereocenters. The van der Waals surface area contributed by atoms with E-state index in [1.54, 1.807) is 29.2 Å². The highest BCUT2D eigenvalue weighted by atomic mass is 16.2. The molecular weight excluding hydrogens is 336 g/mol. The lowest BCUT2D eigenvalue weighted by molar-refractivity contribution is 0.0690. The van der Waals surface area contributed by atoms with Crippen molar-refractivity contribution in [1.29, 1.82) is 0 Å². The van der Waals surface area contributed by atoms with E-state index < -0.39 is 0 Å². The molecule has 0 heterocycles. The Morgan fingerprint density at radius 3 is 2.15 bits per heavy atom. The zero-order valence-electron chi connectivity index (χ0n) is 16.8. The molecule has 0 aliphatic carbocycles. The van der Waals surface area contributed by atoms with Gasteiger partial charge in [0, 0.05) is 37.3 Å². The maximum absolute atomic E-state index is 13.1. The first-order chi connectivity index (χ1) is 12.9. The van der Waals surface area contributed by atoms with Crippen LogP contribution in [0.2, 0.25) is 0 Å². The van der Waals surface area contributed by atoms with Crippen LogP contribution in [0.15, 0.2) is 54.6 Å². The van der Waals surface area contributed by atoms with Gasteiger partial charge in [-0.2, -0.15) is 0 Å². The van der Waals surface area contributed by atoms with E-state index in [0.29, 0.717) is 17.7 Å². The third kappa shape index (κ3) is 5.68. The van der Waals surface area contributed by atoms with Gasteiger partial charge in [-0.05, 0) is 44.0 Å². The molecule has 0 saturated carbocycles. The van der Waals surface area contributed by atoms with E-state index in [1.807, 2.05) is 56.1 Å².